The van der Waals surface area contributed by atoms with Crippen LogP contribution >= 0.6 is 0 Å². The number of aliphatic hydroxyl groups excluding tert-OH is 1. The number of benzene rings is 3. The molecule has 0 fully saturated rings. The van der Waals surface area contributed by atoms with Crippen LogP contribution in [0.2, 0.25) is 0 Å². The molecule has 4 aromatic rings. The highest BCUT2D eigenvalue weighted by Crippen LogP contribution is 2.36. The fourth-order valence-corrected chi connectivity index (χ4v) is 2.86. The van der Waals surface area contributed by atoms with Gasteiger partial charge in [0, 0.05) is 10.8 Å². The smallest absolute Gasteiger partial charge is 0.224 e. The molecule has 1 aromatic heterocycles. The first-order valence-electron chi connectivity index (χ1n) is 7.17. The minimum Gasteiger partial charge on any atom is -0.437 e. The van der Waals surface area contributed by atoms with Crippen molar-refractivity contribution in [2.75, 3.05) is 0 Å². The summed E-state index contributed by atoms with van der Waals surface area (Å²) >= 11 is 0. The molecule has 0 radical (unpaired) electrons. The molecule has 0 aliphatic heterocycles. The molecule has 4 rings (SSSR count). The van der Waals surface area contributed by atoms with Crippen molar-refractivity contribution < 1.29 is 9.52 Å². The second-order valence-electron chi connectivity index (χ2n) is 5.25. The van der Waals surface area contributed by atoms with Crippen LogP contribution in [0, 0.1) is 0 Å². The summed E-state index contributed by atoms with van der Waals surface area (Å²) in [6, 6.07) is 16.3. The number of fused-ring (bicyclic) bond motifs is 6. The molecule has 1 unspecified atom stereocenters. The Labute approximate surface area is 121 Å². The maximum absolute atomic E-state index is 10.0. The van der Waals surface area contributed by atoms with Crippen LogP contribution in [-0.2, 0) is 0 Å². The van der Waals surface area contributed by atoms with E-state index in [0.717, 1.165) is 32.6 Å². The molecule has 3 heteroatoms. The summed E-state index contributed by atoms with van der Waals surface area (Å²) in [5.74, 6) is 0.397. The number of rotatable bonds is 2. The summed E-state index contributed by atoms with van der Waals surface area (Å²) in [6.07, 6.45) is -0.0715. The van der Waals surface area contributed by atoms with E-state index in [9.17, 15) is 5.11 Å². The highest BCUT2D eigenvalue weighted by molar-refractivity contribution is 6.22. The molecule has 0 aliphatic rings. The van der Waals surface area contributed by atoms with Gasteiger partial charge in [-0.15, -0.1) is 0 Å². The largest absolute Gasteiger partial charge is 0.437 e. The van der Waals surface area contributed by atoms with Gasteiger partial charge in [-0.05, 0) is 17.2 Å². The summed E-state index contributed by atoms with van der Waals surface area (Å²) in [7, 11) is 0. The molecule has 0 saturated heterocycles. The van der Waals surface area contributed by atoms with Crippen molar-refractivity contribution >= 4 is 32.6 Å². The molecule has 0 saturated carbocycles. The summed E-state index contributed by atoms with van der Waals surface area (Å²) in [4.78, 5) is 4.55. The van der Waals surface area contributed by atoms with E-state index < -0.39 is 6.10 Å². The lowest BCUT2D eigenvalue weighted by atomic mass is 10.0. The van der Waals surface area contributed by atoms with Crippen molar-refractivity contribution in [1.82, 2.24) is 4.98 Å². The monoisotopic (exact) mass is 277 g/mol. The molecule has 1 atom stereocenters. The Balaban J connectivity index is 2.23. The van der Waals surface area contributed by atoms with Gasteiger partial charge in [-0.1, -0.05) is 55.5 Å². The predicted octanol–water partition coefficient (Wildman–Crippen LogP) is 4.58. The quantitative estimate of drug-likeness (QED) is 0.546. The normalized spacial score (nSPS) is 13.2. The molecule has 21 heavy (non-hydrogen) atoms. The Morgan fingerprint density at radius 2 is 1.52 bits per heavy atom. The Hall–Kier alpha value is -2.39. The molecule has 0 spiro atoms. The SMILES string of the molecule is CCC(O)c1nc2c3ccccc3c3ccccc3c2o1. The van der Waals surface area contributed by atoms with E-state index in [1.807, 2.05) is 37.3 Å². The topological polar surface area (TPSA) is 46.3 Å². The Kier molecular flexibility index (Phi) is 2.69. The zero-order valence-corrected chi connectivity index (χ0v) is 11.7. The number of hydrogen-bond acceptors (Lipinski definition) is 3. The van der Waals surface area contributed by atoms with E-state index in [4.69, 9.17) is 4.42 Å². The lowest BCUT2D eigenvalue weighted by Gasteiger charge is -2.04. The van der Waals surface area contributed by atoms with Crippen molar-refractivity contribution in [2.24, 2.45) is 0 Å². The zero-order valence-electron chi connectivity index (χ0n) is 11.7. The van der Waals surface area contributed by atoms with Gasteiger partial charge in [0.15, 0.2) is 5.58 Å². The minimum atomic E-state index is -0.657. The van der Waals surface area contributed by atoms with E-state index in [1.54, 1.807) is 0 Å². The van der Waals surface area contributed by atoms with Gasteiger partial charge >= 0.3 is 0 Å². The van der Waals surface area contributed by atoms with Crippen LogP contribution in [0.3, 0.4) is 0 Å². The average Bonchev–Trinajstić information content (AvgIpc) is 3.00. The second kappa shape index (κ2) is 4.57. The Morgan fingerprint density at radius 1 is 0.952 bits per heavy atom. The van der Waals surface area contributed by atoms with Gasteiger partial charge in [-0.2, -0.15) is 0 Å². The Bertz CT molecular complexity index is 883. The van der Waals surface area contributed by atoms with E-state index in [1.165, 1.54) is 0 Å². The van der Waals surface area contributed by atoms with Crippen LogP contribution in [0.15, 0.2) is 52.9 Å². The molecule has 1 N–H and O–H groups in total. The molecule has 104 valence electrons. The summed E-state index contributed by atoms with van der Waals surface area (Å²) in [5, 5.41) is 14.4. The highest BCUT2D eigenvalue weighted by Gasteiger charge is 2.17. The highest BCUT2D eigenvalue weighted by atomic mass is 16.4. The maximum atomic E-state index is 10.0. The third kappa shape index (κ3) is 1.74. The number of hydrogen-bond donors (Lipinski definition) is 1. The number of aliphatic hydroxyl groups is 1. The minimum absolute atomic E-state index is 0.397. The third-order valence-electron chi connectivity index (χ3n) is 3.96. The van der Waals surface area contributed by atoms with Gasteiger partial charge in [0.1, 0.15) is 11.6 Å². The van der Waals surface area contributed by atoms with Crippen LogP contribution in [0.1, 0.15) is 25.3 Å². The Morgan fingerprint density at radius 3 is 2.19 bits per heavy atom. The molecule has 3 nitrogen and oxygen atoms in total. The first kappa shape index (κ1) is 12.4. The van der Waals surface area contributed by atoms with Crippen molar-refractivity contribution in [3.63, 3.8) is 0 Å². The van der Waals surface area contributed by atoms with E-state index in [-0.39, 0.29) is 0 Å². The van der Waals surface area contributed by atoms with Crippen molar-refractivity contribution in [3.8, 4) is 0 Å². The zero-order chi connectivity index (χ0) is 14.4. The molecule has 0 amide bonds. The van der Waals surface area contributed by atoms with Gasteiger partial charge in [-0.3, -0.25) is 0 Å². The van der Waals surface area contributed by atoms with Gasteiger partial charge in [0.25, 0.3) is 0 Å². The lowest BCUT2D eigenvalue weighted by molar-refractivity contribution is 0.142. The third-order valence-corrected chi connectivity index (χ3v) is 3.96. The van der Waals surface area contributed by atoms with Crippen molar-refractivity contribution in [1.29, 1.82) is 0 Å². The first-order chi connectivity index (χ1) is 10.3. The second-order valence-corrected chi connectivity index (χ2v) is 5.25. The standard InChI is InChI=1S/C18H15NO2/c1-2-15(20)18-19-16-13-9-5-3-7-11(13)12-8-4-6-10-14(12)17(16)21-18/h3-10,15,20H,2H2,1H3. The summed E-state index contributed by atoms with van der Waals surface area (Å²) < 4.78 is 5.88. The summed E-state index contributed by atoms with van der Waals surface area (Å²) in [5.41, 5.74) is 1.58. The van der Waals surface area contributed by atoms with Crippen molar-refractivity contribution in [3.05, 3.63) is 54.4 Å². The average molecular weight is 277 g/mol. The van der Waals surface area contributed by atoms with E-state index in [0.29, 0.717) is 12.3 Å². The fraction of sp³-hybridized carbons (Fsp3) is 0.167. The van der Waals surface area contributed by atoms with Crippen LogP contribution in [0.5, 0.6) is 0 Å². The molecule has 0 aliphatic carbocycles. The molecule has 3 aromatic carbocycles. The van der Waals surface area contributed by atoms with Gasteiger partial charge in [0.2, 0.25) is 5.89 Å². The van der Waals surface area contributed by atoms with Gasteiger partial charge in [-0.25, -0.2) is 4.98 Å². The molecular weight excluding hydrogens is 262 g/mol. The van der Waals surface area contributed by atoms with E-state index >= 15 is 0 Å². The van der Waals surface area contributed by atoms with Gasteiger partial charge in [0.05, 0.1) is 0 Å². The van der Waals surface area contributed by atoms with Crippen LogP contribution in [0.25, 0.3) is 32.6 Å². The first-order valence-corrected chi connectivity index (χ1v) is 7.17. The van der Waals surface area contributed by atoms with E-state index in [2.05, 4.69) is 23.2 Å². The predicted molar refractivity (Wildman–Crippen MR) is 84.3 cm³/mol. The lowest BCUT2D eigenvalue weighted by Crippen LogP contribution is -1.94. The molecular formula is C18H15NO2. The van der Waals surface area contributed by atoms with Crippen LogP contribution in [-0.4, -0.2) is 10.1 Å². The van der Waals surface area contributed by atoms with Crippen LogP contribution < -0.4 is 0 Å². The fourth-order valence-electron chi connectivity index (χ4n) is 2.86. The maximum Gasteiger partial charge on any atom is 0.224 e. The molecule has 1 heterocycles. The van der Waals surface area contributed by atoms with Crippen molar-refractivity contribution in [2.45, 2.75) is 19.4 Å². The summed E-state index contributed by atoms with van der Waals surface area (Å²) in [6.45, 7) is 1.91. The number of nitrogens with zero attached hydrogens (tertiary/aromatic N) is 1. The van der Waals surface area contributed by atoms with Gasteiger partial charge < -0.3 is 9.52 Å². The number of aromatic nitrogens is 1. The van der Waals surface area contributed by atoms with Crippen LogP contribution in [0.4, 0.5) is 0 Å². The number of oxazole rings is 1. The molecule has 0 bridgehead atoms.